The Kier molecular flexibility index (Phi) is 6.89. The number of carbonyl (C=O) groups is 1. The molecule has 1 atom stereocenters. The minimum absolute atomic E-state index is 0.0318. The van der Waals surface area contributed by atoms with Crippen LogP contribution in [0.3, 0.4) is 0 Å². The van der Waals surface area contributed by atoms with Crippen LogP contribution >= 0.6 is 0 Å². The van der Waals surface area contributed by atoms with Gasteiger partial charge < -0.3 is 10.1 Å². The predicted molar refractivity (Wildman–Crippen MR) is 125 cm³/mol. The van der Waals surface area contributed by atoms with Crippen molar-refractivity contribution in [2.75, 3.05) is 26.3 Å². The SMILES string of the molecule is CC(NC(=O)CCc1ccc(S(=O)(=O)N2CCOCC2)cc1)c1ccc2ccccc2c1. The third kappa shape index (κ3) is 5.18. The van der Waals surface area contributed by atoms with E-state index in [0.717, 1.165) is 16.5 Å². The summed E-state index contributed by atoms with van der Waals surface area (Å²) in [6.45, 7) is 3.57. The fraction of sp³-hybridized carbons (Fsp3) is 0.320. The number of amides is 1. The van der Waals surface area contributed by atoms with E-state index in [4.69, 9.17) is 4.74 Å². The molecule has 168 valence electrons. The van der Waals surface area contributed by atoms with Crippen LogP contribution in [0.4, 0.5) is 0 Å². The Morgan fingerprint density at radius 3 is 2.41 bits per heavy atom. The summed E-state index contributed by atoms with van der Waals surface area (Å²) in [4.78, 5) is 12.7. The lowest BCUT2D eigenvalue weighted by Crippen LogP contribution is -2.40. The fourth-order valence-electron chi connectivity index (χ4n) is 3.90. The summed E-state index contributed by atoms with van der Waals surface area (Å²) in [5.41, 5.74) is 1.99. The third-order valence-electron chi connectivity index (χ3n) is 5.82. The van der Waals surface area contributed by atoms with Crippen LogP contribution in [0.25, 0.3) is 10.8 Å². The van der Waals surface area contributed by atoms with Gasteiger partial charge in [0.2, 0.25) is 15.9 Å². The maximum Gasteiger partial charge on any atom is 0.243 e. The van der Waals surface area contributed by atoms with Crippen molar-refractivity contribution in [2.24, 2.45) is 0 Å². The van der Waals surface area contributed by atoms with Crippen LogP contribution in [0.5, 0.6) is 0 Å². The Hall–Kier alpha value is -2.74. The molecule has 0 saturated carbocycles. The van der Waals surface area contributed by atoms with E-state index in [1.54, 1.807) is 24.3 Å². The highest BCUT2D eigenvalue weighted by molar-refractivity contribution is 7.89. The van der Waals surface area contributed by atoms with E-state index < -0.39 is 10.0 Å². The molecule has 0 spiro atoms. The van der Waals surface area contributed by atoms with E-state index in [9.17, 15) is 13.2 Å². The van der Waals surface area contributed by atoms with Gasteiger partial charge in [-0.1, -0.05) is 48.5 Å². The molecule has 1 unspecified atom stereocenters. The minimum atomic E-state index is -3.50. The molecular weight excluding hydrogens is 424 g/mol. The third-order valence-corrected chi connectivity index (χ3v) is 7.74. The van der Waals surface area contributed by atoms with Crippen molar-refractivity contribution >= 4 is 26.7 Å². The summed E-state index contributed by atoms with van der Waals surface area (Å²) >= 11 is 0. The molecule has 1 aliphatic rings. The van der Waals surface area contributed by atoms with Gasteiger partial charge in [-0.05, 0) is 53.4 Å². The van der Waals surface area contributed by atoms with E-state index in [1.165, 1.54) is 9.69 Å². The van der Waals surface area contributed by atoms with Crippen LogP contribution in [0.2, 0.25) is 0 Å². The van der Waals surface area contributed by atoms with Crippen molar-refractivity contribution in [3.63, 3.8) is 0 Å². The number of hydrogen-bond acceptors (Lipinski definition) is 4. The summed E-state index contributed by atoms with van der Waals surface area (Å²) in [7, 11) is -3.50. The molecule has 0 radical (unpaired) electrons. The lowest BCUT2D eigenvalue weighted by atomic mass is 10.0. The van der Waals surface area contributed by atoms with Crippen LogP contribution in [-0.2, 0) is 26.0 Å². The highest BCUT2D eigenvalue weighted by Gasteiger charge is 2.26. The van der Waals surface area contributed by atoms with Crippen molar-refractivity contribution < 1.29 is 17.9 Å². The molecule has 1 amide bonds. The van der Waals surface area contributed by atoms with Gasteiger partial charge in [0, 0.05) is 19.5 Å². The maximum atomic E-state index is 12.7. The first-order valence-corrected chi connectivity index (χ1v) is 12.3. The van der Waals surface area contributed by atoms with Gasteiger partial charge in [-0.2, -0.15) is 4.31 Å². The molecule has 1 aliphatic heterocycles. The van der Waals surface area contributed by atoms with E-state index in [0.29, 0.717) is 39.1 Å². The van der Waals surface area contributed by atoms with Gasteiger partial charge in [0.05, 0.1) is 24.2 Å². The van der Waals surface area contributed by atoms with Crippen LogP contribution in [0, 0.1) is 0 Å². The molecule has 6 nitrogen and oxygen atoms in total. The Bertz CT molecular complexity index is 1190. The Morgan fingerprint density at radius 1 is 1.00 bits per heavy atom. The van der Waals surface area contributed by atoms with Crippen molar-refractivity contribution in [2.45, 2.75) is 30.7 Å². The molecule has 32 heavy (non-hydrogen) atoms. The van der Waals surface area contributed by atoms with Crippen molar-refractivity contribution in [1.29, 1.82) is 0 Å². The van der Waals surface area contributed by atoms with E-state index >= 15 is 0 Å². The number of benzene rings is 3. The van der Waals surface area contributed by atoms with Gasteiger partial charge in [-0.25, -0.2) is 8.42 Å². The zero-order valence-corrected chi connectivity index (χ0v) is 19.0. The first-order chi connectivity index (χ1) is 15.4. The fourth-order valence-corrected chi connectivity index (χ4v) is 5.30. The van der Waals surface area contributed by atoms with Gasteiger partial charge >= 0.3 is 0 Å². The van der Waals surface area contributed by atoms with Gasteiger partial charge in [0.1, 0.15) is 0 Å². The molecule has 7 heteroatoms. The molecule has 0 aromatic heterocycles. The molecule has 1 saturated heterocycles. The summed E-state index contributed by atoms with van der Waals surface area (Å²) < 4.78 is 32.1. The topological polar surface area (TPSA) is 75.7 Å². The lowest BCUT2D eigenvalue weighted by Gasteiger charge is -2.26. The van der Waals surface area contributed by atoms with Gasteiger partial charge in [0.25, 0.3) is 0 Å². The quantitative estimate of drug-likeness (QED) is 0.594. The molecule has 3 aromatic carbocycles. The number of nitrogens with zero attached hydrogens (tertiary/aromatic N) is 1. The Morgan fingerprint density at radius 2 is 1.69 bits per heavy atom. The molecule has 0 bridgehead atoms. The van der Waals surface area contributed by atoms with Gasteiger partial charge in [-0.3, -0.25) is 4.79 Å². The lowest BCUT2D eigenvalue weighted by molar-refractivity contribution is -0.121. The zero-order valence-electron chi connectivity index (χ0n) is 18.2. The number of aryl methyl sites for hydroxylation is 1. The van der Waals surface area contributed by atoms with E-state index in [2.05, 4.69) is 29.6 Å². The van der Waals surface area contributed by atoms with Crippen LogP contribution < -0.4 is 5.32 Å². The number of rotatable bonds is 7. The summed E-state index contributed by atoms with van der Waals surface area (Å²) in [6, 6.07) is 21.1. The second-order valence-corrected chi connectivity index (χ2v) is 9.99. The maximum absolute atomic E-state index is 12.7. The number of carbonyl (C=O) groups excluding carboxylic acids is 1. The number of nitrogens with one attached hydrogen (secondary N) is 1. The molecule has 4 rings (SSSR count). The number of morpholine rings is 1. The Balaban J connectivity index is 1.32. The van der Waals surface area contributed by atoms with Crippen LogP contribution in [0.1, 0.15) is 30.5 Å². The number of hydrogen-bond donors (Lipinski definition) is 1. The highest BCUT2D eigenvalue weighted by Crippen LogP contribution is 2.21. The minimum Gasteiger partial charge on any atom is -0.379 e. The highest BCUT2D eigenvalue weighted by atomic mass is 32.2. The van der Waals surface area contributed by atoms with Crippen molar-refractivity contribution in [3.05, 3.63) is 77.9 Å². The standard InChI is InChI=1S/C25H28N2O4S/c1-19(22-10-9-21-4-2-3-5-23(21)18-22)26-25(28)13-8-20-6-11-24(12-7-20)32(29,30)27-14-16-31-17-15-27/h2-7,9-12,18-19H,8,13-17H2,1H3,(H,26,28). The number of ether oxygens (including phenoxy) is 1. The average Bonchev–Trinajstić information content (AvgIpc) is 2.83. The van der Waals surface area contributed by atoms with Crippen LogP contribution in [-0.4, -0.2) is 44.9 Å². The number of fused-ring (bicyclic) bond motifs is 1. The molecule has 0 aliphatic carbocycles. The monoisotopic (exact) mass is 452 g/mol. The van der Waals surface area contributed by atoms with Crippen LogP contribution in [0.15, 0.2) is 71.6 Å². The second kappa shape index (κ2) is 9.81. The molecule has 3 aromatic rings. The van der Waals surface area contributed by atoms with E-state index in [1.807, 2.05) is 25.1 Å². The normalized spacial score (nSPS) is 16.0. The second-order valence-electron chi connectivity index (χ2n) is 8.06. The molecule has 1 fully saturated rings. The van der Waals surface area contributed by atoms with E-state index in [-0.39, 0.29) is 16.8 Å². The predicted octanol–water partition coefficient (Wildman–Crippen LogP) is 3.67. The summed E-state index contributed by atoms with van der Waals surface area (Å²) in [5.74, 6) is -0.0318. The first kappa shape index (κ1) is 22.5. The summed E-state index contributed by atoms with van der Waals surface area (Å²) in [6.07, 6.45) is 0.891. The first-order valence-electron chi connectivity index (χ1n) is 10.9. The average molecular weight is 453 g/mol. The van der Waals surface area contributed by atoms with Gasteiger partial charge in [-0.15, -0.1) is 0 Å². The van der Waals surface area contributed by atoms with Crippen molar-refractivity contribution in [3.8, 4) is 0 Å². The largest absolute Gasteiger partial charge is 0.379 e. The molecule has 1 heterocycles. The Labute approximate surface area is 189 Å². The molecular formula is C25H28N2O4S. The van der Waals surface area contributed by atoms with Gasteiger partial charge in [0.15, 0.2) is 0 Å². The summed E-state index contributed by atoms with van der Waals surface area (Å²) in [5, 5.41) is 5.38. The number of sulfonamides is 1. The van der Waals surface area contributed by atoms with Crippen molar-refractivity contribution in [1.82, 2.24) is 9.62 Å². The smallest absolute Gasteiger partial charge is 0.243 e. The molecule has 1 N–H and O–H groups in total. The zero-order chi connectivity index (χ0) is 22.6.